The van der Waals surface area contributed by atoms with Crippen molar-refractivity contribution < 1.29 is 0 Å². The van der Waals surface area contributed by atoms with E-state index in [1.807, 2.05) is 121 Å². The summed E-state index contributed by atoms with van der Waals surface area (Å²) in [6.07, 6.45) is 0. The molecule has 38 heavy (non-hydrogen) atoms. The van der Waals surface area contributed by atoms with E-state index in [2.05, 4.69) is 57.3 Å². The van der Waals surface area contributed by atoms with Crippen LogP contribution in [0.25, 0.3) is 0 Å². The first kappa shape index (κ1) is 23.9. The van der Waals surface area contributed by atoms with Gasteiger partial charge < -0.3 is 0 Å². The minimum absolute atomic E-state index is 0.652. The molecule has 2 aromatic heterocycles. The van der Waals surface area contributed by atoms with Gasteiger partial charge in [-0.2, -0.15) is 0 Å². The molecule has 0 saturated heterocycles. The molecule has 0 N–H and O–H groups in total. The van der Waals surface area contributed by atoms with E-state index in [9.17, 15) is 0 Å². The van der Waals surface area contributed by atoms with E-state index in [1.54, 1.807) is 0 Å². The zero-order valence-corrected chi connectivity index (χ0v) is 20.4. The van der Waals surface area contributed by atoms with E-state index in [1.165, 1.54) is 0 Å². The van der Waals surface area contributed by atoms with Gasteiger partial charge in [-0.15, -0.1) is 0 Å². The molecule has 0 aliphatic rings. The van der Waals surface area contributed by atoms with E-state index < -0.39 is 0 Å². The Hall–Kier alpha value is -5.80. The summed E-state index contributed by atoms with van der Waals surface area (Å²) in [5.41, 5.74) is 6.19. The second-order valence-electron chi connectivity index (χ2n) is 8.09. The van der Waals surface area contributed by atoms with Gasteiger partial charge >= 0.3 is 0 Å². The van der Waals surface area contributed by atoms with Gasteiger partial charge in [-0.3, -0.25) is 0 Å². The van der Waals surface area contributed by atoms with Crippen LogP contribution < -0.4 is 0 Å². The lowest BCUT2D eigenvalue weighted by Gasteiger charge is -1.96. The molecule has 174 valence electrons. The smallest absolute Gasteiger partial charge is 0.115 e. The zero-order valence-electron chi connectivity index (χ0n) is 20.4. The van der Waals surface area contributed by atoms with Crippen LogP contribution in [0.5, 0.6) is 0 Å². The first-order valence-electron chi connectivity index (χ1n) is 12.0. The maximum Gasteiger partial charge on any atom is 0.115 e. The van der Waals surface area contributed by atoms with Crippen molar-refractivity contribution in [1.82, 2.24) is 9.97 Å². The highest BCUT2D eigenvalue weighted by molar-refractivity contribution is 5.54. The van der Waals surface area contributed by atoms with Crippen LogP contribution in [0, 0.1) is 47.4 Å². The summed E-state index contributed by atoms with van der Waals surface area (Å²) in [6, 6.07) is 38.8. The molecule has 0 radical (unpaired) electrons. The van der Waals surface area contributed by atoms with Crippen LogP contribution in [0.3, 0.4) is 0 Å². The Kier molecular flexibility index (Phi) is 7.71. The molecule has 0 fully saturated rings. The predicted molar refractivity (Wildman–Crippen MR) is 152 cm³/mol. The van der Waals surface area contributed by atoms with Crippen molar-refractivity contribution in [2.24, 2.45) is 0 Å². The quantitative estimate of drug-likeness (QED) is 0.251. The third-order valence-electron chi connectivity index (χ3n) is 5.29. The van der Waals surface area contributed by atoms with Crippen molar-refractivity contribution in [3.63, 3.8) is 0 Å². The molecule has 0 atom stereocenters. The third kappa shape index (κ3) is 6.87. The highest BCUT2D eigenvalue weighted by Crippen LogP contribution is 2.08. The average molecular weight is 481 g/mol. The molecule has 0 aliphatic heterocycles. The fourth-order valence-electron chi connectivity index (χ4n) is 3.43. The van der Waals surface area contributed by atoms with E-state index in [0.717, 1.165) is 22.3 Å². The normalized spacial score (nSPS) is 9.26. The molecule has 3 aromatic carbocycles. The molecule has 5 rings (SSSR count). The number of hydrogen-bond acceptors (Lipinski definition) is 2. The van der Waals surface area contributed by atoms with Gasteiger partial charge in [0.25, 0.3) is 0 Å². The number of pyridine rings is 2. The van der Waals surface area contributed by atoms with Crippen LogP contribution in [-0.4, -0.2) is 9.97 Å². The lowest BCUT2D eigenvalue weighted by molar-refractivity contribution is 1.25. The summed E-state index contributed by atoms with van der Waals surface area (Å²) < 4.78 is 0. The van der Waals surface area contributed by atoms with E-state index >= 15 is 0 Å². The molecule has 0 amide bonds. The summed E-state index contributed by atoms with van der Waals surface area (Å²) in [6.45, 7) is 0. The summed E-state index contributed by atoms with van der Waals surface area (Å²) >= 11 is 0. The van der Waals surface area contributed by atoms with Crippen molar-refractivity contribution in [2.75, 3.05) is 0 Å². The Morgan fingerprint density at radius 2 is 0.632 bits per heavy atom. The molecule has 2 heterocycles. The predicted octanol–water partition coefficient (Wildman–Crippen LogP) is 6.08. The van der Waals surface area contributed by atoms with Crippen LogP contribution in [0.15, 0.2) is 121 Å². The first-order valence-corrected chi connectivity index (χ1v) is 12.0. The lowest BCUT2D eigenvalue weighted by atomic mass is 10.1. The summed E-state index contributed by atoms with van der Waals surface area (Å²) in [5, 5.41) is 0. The second-order valence-corrected chi connectivity index (χ2v) is 8.09. The fourth-order valence-corrected chi connectivity index (χ4v) is 3.43. The van der Waals surface area contributed by atoms with E-state index in [-0.39, 0.29) is 0 Å². The van der Waals surface area contributed by atoms with Crippen LogP contribution in [0.1, 0.15) is 45.0 Å². The van der Waals surface area contributed by atoms with Gasteiger partial charge in [0.1, 0.15) is 22.8 Å². The number of nitrogens with zero attached hydrogens (tertiary/aromatic N) is 2. The number of rotatable bonds is 0. The maximum absolute atomic E-state index is 4.57. The van der Waals surface area contributed by atoms with Crippen molar-refractivity contribution >= 4 is 0 Å². The van der Waals surface area contributed by atoms with Gasteiger partial charge in [0.15, 0.2) is 0 Å². The Balaban J connectivity index is 1.35. The molecular weight excluding hydrogens is 460 g/mol. The molecule has 0 bridgehead atoms. The summed E-state index contributed by atoms with van der Waals surface area (Å²) in [5.74, 6) is 25.2. The van der Waals surface area contributed by atoms with Crippen molar-refractivity contribution in [3.8, 4) is 47.4 Å². The zero-order chi connectivity index (χ0) is 25.8. The highest BCUT2D eigenvalue weighted by Gasteiger charge is 1.98. The molecule has 0 aliphatic carbocycles. The van der Waals surface area contributed by atoms with Gasteiger partial charge in [0.05, 0.1) is 0 Å². The average Bonchev–Trinajstić information content (AvgIpc) is 2.99. The molecule has 2 nitrogen and oxygen atoms in total. The molecule has 2 heteroatoms. The summed E-state index contributed by atoms with van der Waals surface area (Å²) in [4.78, 5) is 9.14. The third-order valence-corrected chi connectivity index (χ3v) is 5.29. The Bertz CT molecular complexity index is 1690. The number of benzene rings is 3. The van der Waals surface area contributed by atoms with E-state index in [0.29, 0.717) is 22.8 Å². The number of hydrogen-bond donors (Lipinski definition) is 0. The van der Waals surface area contributed by atoms with Crippen LogP contribution >= 0.6 is 0 Å². The van der Waals surface area contributed by atoms with Crippen molar-refractivity contribution in [3.05, 3.63) is 166 Å². The molecule has 0 unspecified atom stereocenters. The van der Waals surface area contributed by atoms with Gasteiger partial charge in [0.2, 0.25) is 0 Å². The fraction of sp³-hybridized carbons (Fsp3) is 0. The Morgan fingerprint density at radius 1 is 0.289 bits per heavy atom. The van der Waals surface area contributed by atoms with Gasteiger partial charge in [-0.25, -0.2) is 9.97 Å². The van der Waals surface area contributed by atoms with Crippen LogP contribution in [-0.2, 0) is 0 Å². The number of aromatic nitrogens is 2. The SMILES string of the molecule is C(#Cc1cccc(C#Cc2ccccc2C#Cc2cccc(C#Cc3ccccc3)n2)n1)c1ccccc1. The van der Waals surface area contributed by atoms with E-state index in [4.69, 9.17) is 0 Å². The minimum atomic E-state index is 0.652. The molecule has 0 saturated carbocycles. The minimum Gasteiger partial charge on any atom is -0.231 e. The topological polar surface area (TPSA) is 25.8 Å². The molecular formula is C36H20N2. The summed E-state index contributed by atoms with van der Waals surface area (Å²) in [7, 11) is 0. The van der Waals surface area contributed by atoms with Gasteiger partial charge in [-0.1, -0.05) is 84.3 Å². The monoisotopic (exact) mass is 480 g/mol. The Labute approximate surface area is 223 Å². The first-order chi connectivity index (χ1) is 18.8. The van der Waals surface area contributed by atoms with Crippen LogP contribution in [0.4, 0.5) is 0 Å². The van der Waals surface area contributed by atoms with Crippen LogP contribution in [0.2, 0.25) is 0 Å². The van der Waals surface area contributed by atoms with Crippen molar-refractivity contribution in [2.45, 2.75) is 0 Å². The molecule has 5 aromatic rings. The largest absolute Gasteiger partial charge is 0.231 e. The van der Waals surface area contributed by atoms with Gasteiger partial charge in [-0.05, 0) is 84.3 Å². The molecule has 0 spiro atoms. The maximum atomic E-state index is 4.57. The Morgan fingerprint density at radius 3 is 1.03 bits per heavy atom. The van der Waals surface area contributed by atoms with Crippen molar-refractivity contribution in [1.29, 1.82) is 0 Å². The van der Waals surface area contributed by atoms with Gasteiger partial charge in [0, 0.05) is 22.3 Å². The standard InChI is InChI=1S/C36H20N2/c1-3-11-29(12-4-1)21-25-33-17-9-19-35(37-33)27-23-31-15-7-8-16-32(31)24-28-36-20-10-18-34(38-36)26-22-30-13-5-2-6-14-30/h1-20H. The highest BCUT2D eigenvalue weighted by atomic mass is 14.7. The second kappa shape index (κ2) is 12.2. The lowest BCUT2D eigenvalue weighted by Crippen LogP contribution is -1.89.